The lowest BCUT2D eigenvalue weighted by molar-refractivity contribution is 0.416. The first kappa shape index (κ1) is 14.9. The molecule has 16 heavy (non-hydrogen) atoms. The molecule has 92 valence electrons. The topological polar surface area (TPSA) is 19.4 Å². The molecule has 0 aliphatic rings. The molecule has 0 aliphatic heterocycles. The monoisotopic (exact) mass is 223 g/mol. The van der Waals surface area contributed by atoms with E-state index in [-0.39, 0.29) is 0 Å². The Labute approximate surface area is 100 Å². The lowest BCUT2D eigenvalue weighted by Gasteiger charge is -2.20. The maximum absolute atomic E-state index is 4.32. The summed E-state index contributed by atoms with van der Waals surface area (Å²) in [5, 5.41) is 0. The fourth-order valence-electron chi connectivity index (χ4n) is 1.19. The molecular weight excluding hydrogens is 198 g/mol. The van der Waals surface area contributed by atoms with Crippen molar-refractivity contribution in [1.82, 2.24) is 9.88 Å². The van der Waals surface area contributed by atoms with Gasteiger partial charge in [-0.05, 0) is 38.7 Å². The smallest absolute Gasteiger partial charge is 0.128 e. The standard InChI is InChI=1S/C11H19N3.C2H6/c1-10-5-6-12-11(9-10)14(4)8-7-13(2)3;1-2/h5-6,9H,7-8H2,1-4H3;1-2H3. The van der Waals surface area contributed by atoms with Crippen LogP contribution in [0.2, 0.25) is 0 Å². The van der Waals surface area contributed by atoms with Gasteiger partial charge in [0.15, 0.2) is 0 Å². The fourth-order valence-corrected chi connectivity index (χ4v) is 1.19. The van der Waals surface area contributed by atoms with E-state index in [2.05, 4.69) is 48.9 Å². The Kier molecular flexibility index (Phi) is 7.56. The highest BCUT2D eigenvalue weighted by Crippen LogP contribution is 2.09. The summed E-state index contributed by atoms with van der Waals surface area (Å²) in [5.74, 6) is 1.05. The third-order valence-corrected chi connectivity index (χ3v) is 2.17. The minimum atomic E-state index is 1.00. The maximum atomic E-state index is 4.32. The van der Waals surface area contributed by atoms with E-state index in [0.29, 0.717) is 0 Å². The minimum Gasteiger partial charge on any atom is -0.358 e. The highest BCUT2D eigenvalue weighted by atomic mass is 15.2. The van der Waals surface area contributed by atoms with Crippen molar-refractivity contribution >= 4 is 5.82 Å². The van der Waals surface area contributed by atoms with E-state index in [1.165, 1.54) is 5.56 Å². The van der Waals surface area contributed by atoms with Gasteiger partial charge in [0.25, 0.3) is 0 Å². The van der Waals surface area contributed by atoms with Gasteiger partial charge in [-0.2, -0.15) is 0 Å². The van der Waals surface area contributed by atoms with Gasteiger partial charge in [0, 0.05) is 26.3 Å². The van der Waals surface area contributed by atoms with E-state index in [4.69, 9.17) is 0 Å². The molecule has 0 aliphatic carbocycles. The van der Waals surface area contributed by atoms with Gasteiger partial charge in [0.05, 0.1) is 0 Å². The first-order valence-electron chi connectivity index (χ1n) is 5.88. The van der Waals surface area contributed by atoms with Crippen LogP contribution in [0.15, 0.2) is 18.3 Å². The number of aryl methyl sites for hydroxylation is 1. The van der Waals surface area contributed by atoms with Crippen LogP contribution in [0.4, 0.5) is 5.82 Å². The number of likely N-dealkylation sites (N-methyl/N-ethyl adjacent to an activating group) is 2. The zero-order valence-electron chi connectivity index (χ0n) is 11.5. The molecule has 0 radical (unpaired) electrons. The van der Waals surface area contributed by atoms with Crippen LogP contribution in [0, 0.1) is 6.92 Å². The molecule has 1 aromatic heterocycles. The Morgan fingerprint density at radius 2 is 1.75 bits per heavy atom. The number of aromatic nitrogens is 1. The molecule has 0 bridgehead atoms. The Balaban J connectivity index is 0.00000106. The summed E-state index contributed by atoms with van der Waals surface area (Å²) in [4.78, 5) is 8.67. The number of rotatable bonds is 4. The molecule has 3 heteroatoms. The quantitative estimate of drug-likeness (QED) is 0.781. The SMILES string of the molecule is CC.Cc1ccnc(N(C)CCN(C)C)c1. The predicted octanol–water partition coefficient (Wildman–Crippen LogP) is 2.41. The third-order valence-electron chi connectivity index (χ3n) is 2.17. The minimum absolute atomic E-state index is 1.00. The van der Waals surface area contributed by atoms with Crippen molar-refractivity contribution in [2.75, 3.05) is 39.1 Å². The molecular formula is C13H25N3. The van der Waals surface area contributed by atoms with Crippen molar-refractivity contribution in [3.05, 3.63) is 23.9 Å². The molecule has 0 atom stereocenters. The zero-order valence-corrected chi connectivity index (χ0v) is 11.5. The summed E-state index contributed by atoms with van der Waals surface area (Å²) in [6.45, 7) is 8.14. The zero-order chi connectivity index (χ0) is 12.6. The second kappa shape index (κ2) is 8.11. The van der Waals surface area contributed by atoms with E-state index < -0.39 is 0 Å². The maximum Gasteiger partial charge on any atom is 0.128 e. The van der Waals surface area contributed by atoms with Crippen LogP contribution in [0.1, 0.15) is 19.4 Å². The molecule has 3 nitrogen and oxygen atoms in total. The second-order valence-corrected chi connectivity index (χ2v) is 3.92. The molecule has 0 saturated heterocycles. The van der Waals surface area contributed by atoms with Gasteiger partial charge in [-0.15, -0.1) is 0 Å². The summed E-state index contributed by atoms with van der Waals surface area (Å²) in [6, 6.07) is 4.12. The van der Waals surface area contributed by atoms with Gasteiger partial charge in [-0.1, -0.05) is 13.8 Å². The van der Waals surface area contributed by atoms with Crippen molar-refractivity contribution in [2.24, 2.45) is 0 Å². The molecule has 1 rings (SSSR count). The lowest BCUT2D eigenvalue weighted by Crippen LogP contribution is -2.28. The number of anilines is 1. The highest BCUT2D eigenvalue weighted by molar-refractivity contribution is 5.39. The molecule has 0 fully saturated rings. The molecule has 1 heterocycles. The first-order chi connectivity index (χ1) is 7.59. The number of hydrogen-bond acceptors (Lipinski definition) is 3. The molecule has 0 amide bonds. The number of pyridine rings is 1. The van der Waals surface area contributed by atoms with Crippen LogP contribution in [-0.4, -0.2) is 44.1 Å². The van der Waals surface area contributed by atoms with Gasteiger partial charge in [-0.25, -0.2) is 4.98 Å². The van der Waals surface area contributed by atoms with Gasteiger partial charge in [0.1, 0.15) is 5.82 Å². The molecule has 0 N–H and O–H groups in total. The van der Waals surface area contributed by atoms with Crippen molar-refractivity contribution in [2.45, 2.75) is 20.8 Å². The second-order valence-electron chi connectivity index (χ2n) is 3.92. The number of nitrogens with zero attached hydrogens (tertiary/aromatic N) is 3. The van der Waals surface area contributed by atoms with Gasteiger partial charge < -0.3 is 9.80 Å². The predicted molar refractivity (Wildman–Crippen MR) is 72.1 cm³/mol. The van der Waals surface area contributed by atoms with E-state index >= 15 is 0 Å². The van der Waals surface area contributed by atoms with E-state index in [9.17, 15) is 0 Å². The summed E-state index contributed by atoms with van der Waals surface area (Å²) >= 11 is 0. The van der Waals surface area contributed by atoms with Crippen LogP contribution in [-0.2, 0) is 0 Å². The van der Waals surface area contributed by atoms with Crippen molar-refractivity contribution in [1.29, 1.82) is 0 Å². The molecule has 0 spiro atoms. The summed E-state index contributed by atoms with van der Waals surface area (Å²) in [5.41, 5.74) is 1.26. The molecule has 0 unspecified atom stereocenters. The Morgan fingerprint density at radius 3 is 2.25 bits per heavy atom. The molecule has 0 saturated carbocycles. The van der Waals surface area contributed by atoms with Crippen LogP contribution < -0.4 is 4.90 Å². The summed E-state index contributed by atoms with van der Waals surface area (Å²) < 4.78 is 0. The van der Waals surface area contributed by atoms with E-state index in [0.717, 1.165) is 18.9 Å². The molecule has 1 aromatic rings. The highest BCUT2D eigenvalue weighted by Gasteiger charge is 2.01. The van der Waals surface area contributed by atoms with Crippen LogP contribution >= 0.6 is 0 Å². The first-order valence-corrected chi connectivity index (χ1v) is 5.88. The van der Waals surface area contributed by atoms with Gasteiger partial charge in [-0.3, -0.25) is 0 Å². The summed E-state index contributed by atoms with van der Waals surface area (Å²) in [6.07, 6.45) is 1.86. The summed E-state index contributed by atoms with van der Waals surface area (Å²) in [7, 11) is 6.24. The molecule has 0 aromatic carbocycles. The van der Waals surface area contributed by atoms with E-state index in [1.807, 2.05) is 26.1 Å². The Hall–Kier alpha value is -1.09. The average molecular weight is 223 g/mol. The fraction of sp³-hybridized carbons (Fsp3) is 0.615. The van der Waals surface area contributed by atoms with Crippen molar-refractivity contribution in [3.63, 3.8) is 0 Å². The van der Waals surface area contributed by atoms with Crippen molar-refractivity contribution in [3.8, 4) is 0 Å². The Morgan fingerprint density at radius 1 is 1.12 bits per heavy atom. The van der Waals surface area contributed by atoms with Gasteiger partial charge in [0.2, 0.25) is 0 Å². The van der Waals surface area contributed by atoms with Crippen LogP contribution in [0.25, 0.3) is 0 Å². The average Bonchev–Trinajstić information content (AvgIpc) is 2.28. The number of hydrogen-bond donors (Lipinski definition) is 0. The van der Waals surface area contributed by atoms with Gasteiger partial charge >= 0.3 is 0 Å². The van der Waals surface area contributed by atoms with Crippen molar-refractivity contribution < 1.29 is 0 Å². The Bertz CT molecular complexity index is 284. The normalized spacial score (nSPS) is 9.69. The van der Waals surface area contributed by atoms with E-state index in [1.54, 1.807) is 0 Å². The largest absolute Gasteiger partial charge is 0.358 e. The third kappa shape index (κ3) is 5.71. The lowest BCUT2D eigenvalue weighted by atomic mass is 10.3. The van der Waals surface area contributed by atoms with Crippen LogP contribution in [0.3, 0.4) is 0 Å². The van der Waals surface area contributed by atoms with Crippen LogP contribution in [0.5, 0.6) is 0 Å².